The first-order valence-corrected chi connectivity index (χ1v) is 9.25. The Labute approximate surface area is 123 Å². The van der Waals surface area contributed by atoms with Gasteiger partial charge in [-0.15, -0.1) is 0 Å². The first-order chi connectivity index (χ1) is 9.54. The summed E-state index contributed by atoms with van der Waals surface area (Å²) in [6.45, 7) is 1.38. The van der Waals surface area contributed by atoms with E-state index < -0.39 is 19.9 Å². The summed E-state index contributed by atoms with van der Waals surface area (Å²) in [5.74, 6) is -0.284. The molecule has 1 amide bonds. The van der Waals surface area contributed by atoms with Gasteiger partial charge in [-0.25, -0.2) is 21.6 Å². The monoisotopic (exact) mass is 335 g/mol. The molecular weight excluding hydrogens is 318 g/mol. The van der Waals surface area contributed by atoms with E-state index >= 15 is 0 Å². The minimum Gasteiger partial charge on any atom is -0.398 e. The molecule has 0 saturated heterocycles. The quantitative estimate of drug-likeness (QED) is 0.455. The van der Waals surface area contributed by atoms with Crippen LogP contribution in [-0.2, 0) is 24.7 Å². The smallest absolute Gasteiger partial charge is 0.242 e. The van der Waals surface area contributed by atoms with Gasteiger partial charge in [-0.1, -0.05) is 0 Å². The van der Waals surface area contributed by atoms with Crippen molar-refractivity contribution in [2.45, 2.75) is 16.7 Å². The van der Waals surface area contributed by atoms with E-state index in [1.54, 1.807) is 0 Å². The van der Waals surface area contributed by atoms with Crippen molar-refractivity contribution in [1.82, 2.24) is 10.0 Å². The summed E-state index contributed by atoms with van der Waals surface area (Å²) in [6, 6.07) is 3.46. The summed E-state index contributed by atoms with van der Waals surface area (Å²) < 4.78 is 49.3. The summed E-state index contributed by atoms with van der Waals surface area (Å²) in [7, 11) is -7.51. The van der Waals surface area contributed by atoms with Crippen LogP contribution in [-0.4, -0.2) is 42.1 Å². The predicted octanol–water partition coefficient (Wildman–Crippen LogP) is -0.913. The normalized spacial score (nSPS) is 12.1. The second-order valence-corrected chi connectivity index (χ2v) is 8.10. The molecule has 118 valence electrons. The maximum Gasteiger partial charge on any atom is 0.242 e. The fourth-order valence-corrected chi connectivity index (χ4v) is 3.39. The van der Waals surface area contributed by atoms with E-state index in [9.17, 15) is 21.6 Å². The van der Waals surface area contributed by atoms with Crippen molar-refractivity contribution in [3.05, 3.63) is 18.2 Å². The van der Waals surface area contributed by atoms with Gasteiger partial charge < -0.3 is 11.1 Å². The molecule has 10 heteroatoms. The van der Waals surface area contributed by atoms with Gasteiger partial charge >= 0.3 is 0 Å². The molecule has 0 radical (unpaired) electrons. The van der Waals surface area contributed by atoms with Crippen LogP contribution in [0.1, 0.15) is 6.92 Å². The Morgan fingerprint density at radius 2 is 1.81 bits per heavy atom. The minimum atomic E-state index is -3.96. The zero-order valence-corrected chi connectivity index (χ0v) is 13.2. The maximum absolute atomic E-state index is 12.1. The zero-order valence-electron chi connectivity index (χ0n) is 11.6. The van der Waals surface area contributed by atoms with Crippen LogP contribution in [0.25, 0.3) is 0 Å². The van der Waals surface area contributed by atoms with Crippen molar-refractivity contribution in [3.63, 3.8) is 0 Å². The van der Waals surface area contributed by atoms with Crippen molar-refractivity contribution in [2.75, 3.05) is 25.1 Å². The largest absolute Gasteiger partial charge is 0.398 e. The third-order valence-electron chi connectivity index (χ3n) is 2.49. The van der Waals surface area contributed by atoms with Crippen molar-refractivity contribution >= 4 is 31.5 Å². The van der Waals surface area contributed by atoms with Crippen LogP contribution in [0.4, 0.5) is 5.69 Å². The number of rotatable bonds is 6. The summed E-state index contributed by atoms with van der Waals surface area (Å²) in [5, 5.41) is 2.43. The number of carbonyl (C=O) groups is 1. The van der Waals surface area contributed by atoms with Crippen LogP contribution in [0, 0.1) is 0 Å². The van der Waals surface area contributed by atoms with Crippen LogP contribution >= 0.6 is 0 Å². The van der Waals surface area contributed by atoms with Crippen LogP contribution in [0.2, 0.25) is 0 Å². The van der Waals surface area contributed by atoms with Gasteiger partial charge in [-0.05, 0) is 18.2 Å². The number of hydrogen-bond acceptors (Lipinski definition) is 6. The number of nitrogen functional groups attached to an aromatic ring is 1. The fourth-order valence-electron chi connectivity index (χ4n) is 1.48. The van der Waals surface area contributed by atoms with Crippen molar-refractivity contribution in [2.24, 2.45) is 0 Å². The van der Waals surface area contributed by atoms with E-state index in [4.69, 9.17) is 5.73 Å². The molecule has 0 aromatic heterocycles. The van der Waals surface area contributed by atoms with E-state index in [0.29, 0.717) is 0 Å². The average Bonchev–Trinajstić information content (AvgIpc) is 2.33. The molecule has 21 heavy (non-hydrogen) atoms. The Hall–Kier alpha value is -1.65. The van der Waals surface area contributed by atoms with Gasteiger partial charge in [0, 0.05) is 26.3 Å². The molecule has 1 aromatic rings. The first-order valence-electron chi connectivity index (χ1n) is 5.88. The van der Waals surface area contributed by atoms with E-state index in [1.807, 2.05) is 0 Å². The van der Waals surface area contributed by atoms with Gasteiger partial charge in [0.1, 0.15) is 4.90 Å². The van der Waals surface area contributed by atoms with Crippen molar-refractivity contribution in [3.8, 4) is 0 Å². The van der Waals surface area contributed by atoms with Gasteiger partial charge in [0.25, 0.3) is 0 Å². The van der Waals surface area contributed by atoms with Crippen LogP contribution in [0.15, 0.2) is 28.0 Å². The fraction of sp³-hybridized carbons (Fsp3) is 0.364. The SMILES string of the molecule is CC(=O)NCCNS(=O)(=O)c1cc(S(C)(=O)=O)ccc1N. The average molecular weight is 335 g/mol. The van der Waals surface area contributed by atoms with Crippen molar-refractivity contribution < 1.29 is 21.6 Å². The zero-order chi connectivity index (χ0) is 16.3. The summed E-state index contributed by atoms with van der Waals surface area (Å²) in [6.07, 6.45) is 0.971. The molecule has 0 atom stereocenters. The lowest BCUT2D eigenvalue weighted by molar-refractivity contribution is -0.118. The van der Waals surface area contributed by atoms with Gasteiger partial charge in [-0.2, -0.15) is 0 Å². The lowest BCUT2D eigenvalue weighted by Crippen LogP contribution is -2.34. The molecule has 0 bridgehead atoms. The van der Waals surface area contributed by atoms with Gasteiger partial charge in [0.15, 0.2) is 9.84 Å². The number of carbonyl (C=O) groups excluding carboxylic acids is 1. The summed E-state index contributed by atoms with van der Waals surface area (Å²) in [5.41, 5.74) is 5.53. The summed E-state index contributed by atoms with van der Waals surface area (Å²) in [4.78, 5) is 10.2. The second-order valence-electron chi connectivity index (χ2n) is 4.35. The number of hydrogen-bond donors (Lipinski definition) is 3. The number of sulfone groups is 1. The van der Waals surface area contributed by atoms with E-state index in [2.05, 4.69) is 10.0 Å². The minimum absolute atomic E-state index is 0.0372. The second kappa shape index (κ2) is 6.41. The molecule has 0 saturated carbocycles. The molecule has 1 rings (SSSR count). The van der Waals surface area contributed by atoms with E-state index in [-0.39, 0.29) is 34.5 Å². The van der Waals surface area contributed by atoms with Crippen molar-refractivity contribution in [1.29, 1.82) is 0 Å². The molecule has 1 aromatic carbocycles. The maximum atomic E-state index is 12.1. The van der Waals surface area contributed by atoms with Gasteiger partial charge in [-0.3, -0.25) is 4.79 Å². The van der Waals surface area contributed by atoms with Gasteiger partial charge in [0.2, 0.25) is 15.9 Å². The van der Waals surface area contributed by atoms with Gasteiger partial charge in [0.05, 0.1) is 10.6 Å². The first kappa shape index (κ1) is 17.4. The molecular formula is C11H17N3O5S2. The number of sulfonamides is 1. The molecule has 8 nitrogen and oxygen atoms in total. The molecule has 4 N–H and O–H groups in total. The highest BCUT2D eigenvalue weighted by atomic mass is 32.2. The third kappa shape index (κ3) is 4.99. The number of nitrogens with two attached hydrogens (primary N) is 1. The Morgan fingerprint density at radius 3 is 2.33 bits per heavy atom. The third-order valence-corrected chi connectivity index (χ3v) is 5.12. The predicted molar refractivity (Wildman–Crippen MR) is 77.8 cm³/mol. The highest BCUT2D eigenvalue weighted by Gasteiger charge is 2.20. The van der Waals surface area contributed by atoms with Crippen LogP contribution in [0.3, 0.4) is 0 Å². The molecule has 0 heterocycles. The molecule has 0 fully saturated rings. The molecule has 0 aliphatic carbocycles. The van der Waals surface area contributed by atoms with E-state index in [0.717, 1.165) is 12.3 Å². The number of benzene rings is 1. The highest BCUT2D eigenvalue weighted by Crippen LogP contribution is 2.22. The lowest BCUT2D eigenvalue weighted by atomic mass is 10.3. The Morgan fingerprint density at radius 1 is 1.19 bits per heavy atom. The van der Waals surface area contributed by atoms with Crippen LogP contribution in [0.5, 0.6) is 0 Å². The standard InChI is InChI=1S/C11H17N3O5S2/c1-8(15)13-5-6-14-21(18,19)11-7-9(20(2,16)17)3-4-10(11)12/h3-4,7,14H,5-6,12H2,1-2H3,(H,13,15). The molecule has 0 spiro atoms. The van der Waals surface area contributed by atoms with Crippen LogP contribution < -0.4 is 15.8 Å². The highest BCUT2D eigenvalue weighted by molar-refractivity contribution is 7.91. The Bertz CT molecular complexity index is 741. The Kier molecular flexibility index (Phi) is 5.31. The topological polar surface area (TPSA) is 135 Å². The molecule has 0 aliphatic rings. The molecule has 0 unspecified atom stereocenters. The summed E-state index contributed by atoms with van der Waals surface area (Å²) >= 11 is 0. The number of anilines is 1. The number of nitrogens with one attached hydrogen (secondary N) is 2. The van der Waals surface area contributed by atoms with E-state index in [1.165, 1.54) is 19.1 Å². The lowest BCUT2D eigenvalue weighted by Gasteiger charge is -2.10. The Balaban J connectivity index is 3.00. The number of amides is 1. The molecule has 0 aliphatic heterocycles.